The number of fused-ring (bicyclic) bond motifs is 4. The monoisotopic (exact) mass is 386 g/mol. The third-order valence-corrected chi connectivity index (χ3v) is 6.09. The molecule has 2 aliphatic rings. The number of nitrogens with one attached hydrogen (secondary N) is 1. The van der Waals surface area contributed by atoms with Gasteiger partial charge < -0.3 is 18.9 Å². The maximum atomic E-state index is 5.68. The molecular weight excluding hydrogens is 360 g/mol. The zero-order chi connectivity index (χ0) is 19.0. The lowest BCUT2D eigenvalue weighted by Gasteiger charge is -2.42. The first-order valence-electron chi connectivity index (χ1n) is 9.16. The van der Waals surface area contributed by atoms with Gasteiger partial charge in [-0.2, -0.15) is 0 Å². The Labute approximate surface area is 165 Å². The van der Waals surface area contributed by atoms with Gasteiger partial charge in [-0.15, -0.1) is 0 Å². The van der Waals surface area contributed by atoms with Crippen molar-refractivity contribution in [1.82, 2.24) is 4.90 Å². The van der Waals surface area contributed by atoms with E-state index < -0.39 is 0 Å². The van der Waals surface area contributed by atoms with Crippen LogP contribution in [0.5, 0.6) is 17.2 Å². The van der Waals surface area contributed by atoms with Crippen LogP contribution >= 0.6 is 11.9 Å². The minimum atomic E-state index is 0.382. The Kier molecular flexibility index (Phi) is 5.10. The number of benzene rings is 2. The van der Waals surface area contributed by atoms with Gasteiger partial charge in [-0.3, -0.25) is 4.90 Å². The Bertz CT molecular complexity index is 856. The number of rotatable bonds is 5. The smallest absolute Gasteiger partial charge is 0.165 e. The fourth-order valence-corrected chi connectivity index (χ4v) is 4.76. The zero-order valence-corrected chi connectivity index (χ0v) is 17.1. The molecule has 0 fully saturated rings. The number of ether oxygens (including phenoxy) is 3. The number of methoxy groups -OCH3 is 3. The topological polar surface area (TPSA) is 43.0 Å². The van der Waals surface area contributed by atoms with Crippen molar-refractivity contribution in [3.8, 4) is 17.2 Å². The summed E-state index contributed by atoms with van der Waals surface area (Å²) in [5, 5.41) is 0. The Balaban J connectivity index is 1.75. The van der Waals surface area contributed by atoms with Crippen molar-refractivity contribution in [1.29, 1.82) is 0 Å². The van der Waals surface area contributed by atoms with Crippen molar-refractivity contribution in [2.24, 2.45) is 0 Å². The molecule has 0 spiro atoms. The van der Waals surface area contributed by atoms with Crippen molar-refractivity contribution < 1.29 is 14.2 Å². The van der Waals surface area contributed by atoms with Crippen molar-refractivity contribution in [3.05, 3.63) is 46.5 Å². The van der Waals surface area contributed by atoms with Gasteiger partial charge >= 0.3 is 0 Å². The first-order chi connectivity index (χ1) is 13.2. The highest BCUT2D eigenvalue weighted by Crippen LogP contribution is 2.45. The molecule has 4 rings (SSSR count). The van der Waals surface area contributed by atoms with E-state index in [2.05, 4.69) is 27.8 Å². The largest absolute Gasteiger partial charge is 0.495 e. The summed E-state index contributed by atoms with van der Waals surface area (Å²) in [5.74, 6) is 2.60. The summed E-state index contributed by atoms with van der Waals surface area (Å²) >= 11 is 1.59. The van der Waals surface area contributed by atoms with E-state index in [4.69, 9.17) is 14.2 Å². The number of hydrogen-bond acceptors (Lipinski definition) is 6. The van der Waals surface area contributed by atoms with Crippen LogP contribution in [0.4, 0.5) is 5.69 Å². The maximum absolute atomic E-state index is 5.68. The highest BCUT2D eigenvalue weighted by molar-refractivity contribution is 7.99. The first-order valence-corrected chi connectivity index (χ1v) is 10.4. The van der Waals surface area contributed by atoms with Gasteiger partial charge in [-0.1, -0.05) is 18.0 Å². The predicted octanol–water partition coefficient (Wildman–Crippen LogP) is 4.06. The second kappa shape index (κ2) is 7.52. The molecule has 0 aromatic heterocycles. The van der Waals surface area contributed by atoms with Crippen LogP contribution in [0.15, 0.2) is 24.3 Å². The molecule has 27 heavy (non-hydrogen) atoms. The molecule has 5 nitrogen and oxygen atoms in total. The summed E-state index contributed by atoms with van der Waals surface area (Å²) in [4.78, 5) is 2.56. The van der Waals surface area contributed by atoms with Gasteiger partial charge in [0.15, 0.2) is 11.5 Å². The van der Waals surface area contributed by atoms with E-state index in [9.17, 15) is 0 Å². The molecule has 0 saturated carbocycles. The quantitative estimate of drug-likeness (QED) is 0.782. The second-order valence-corrected chi connectivity index (χ2v) is 7.55. The first kappa shape index (κ1) is 18.3. The Morgan fingerprint density at radius 3 is 2.56 bits per heavy atom. The molecule has 6 heteroatoms. The number of anilines is 1. The molecule has 2 aromatic carbocycles. The van der Waals surface area contributed by atoms with Gasteiger partial charge in [-0.05, 0) is 47.7 Å². The molecular formula is C21H26N2O3S. The molecule has 1 atom stereocenters. The van der Waals surface area contributed by atoms with Gasteiger partial charge in [0.1, 0.15) is 5.75 Å². The van der Waals surface area contributed by atoms with Crippen LogP contribution in [0.25, 0.3) is 0 Å². The Morgan fingerprint density at radius 2 is 1.85 bits per heavy atom. The van der Waals surface area contributed by atoms with Gasteiger partial charge in [0, 0.05) is 31.0 Å². The summed E-state index contributed by atoms with van der Waals surface area (Å²) in [7, 11) is 5.15. The number of hydrogen-bond donors (Lipinski definition) is 1. The van der Waals surface area contributed by atoms with Gasteiger partial charge in [0.25, 0.3) is 0 Å². The SMILES string of the molecule is COc1cc2c(cc1NSC)C1Cc3ccc(OC)c(OC)c3CN1CC2. The normalized spacial score (nSPS) is 18.1. The van der Waals surface area contributed by atoms with E-state index in [0.29, 0.717) is 6.04 Å². The summed E-state index contributed by atoms with van der Waals surface area (Å²) in [5.41, 5.74) is 6.44. The molecule has 0 radical (unpaired) electrons. The summed E-state index contributed by atoms with van der Waals surface area (Å²) < 4.78 is 20.1. The highest BCUT2D eigenvalue weighted by Gasteiger charge is 2.34. The summed E-state index contributed by atoms with van der Waals surface area (Å²) in [6.45, 7) is 1.92. The van der Waals surface area contributed by atoms with Crippen molar-refractivity contribution >= 4 is 17.6 Å². The van der Waals surface area contributed by atoms with Gasteiger partial charge in [-0.25, -0.2) is 0 Å². The fourth-order valence-electron chi connectivity index (χ4n) is 4.38. The van der Waals surface area contributed by atoms with Crippen LogP contribution in [0.3, 0.4) is 0 Å². The van der Waals surface area contributed by atoms with Crippen LogP contribution in [-0.4, -0.2) is 39.0 Å². The second-order valence-electron chi connectivity index (χ2n) is 6.94. The Morgan fingerprint density at radius 1 is 1.04 bits per heavy atom. The van der Waals surface area contributed by atoms with Crippen molar-refractivity contribution in [2.75, 3.05) is 38.9 Å². The third kappa shape index (κ3) is 3.11. The van der Waals surface area contributed by atoms with Crippen LogP contribution in [0.2, 0.25) is 0 Å². The minimum absolute atomic E-state index is 0.382. The van der Waals surface area contributed by atoms with Gasteiger partial charge in [0.2, 0.25) is 0 Å². The average Bonchev–Trinajstić information content (AvgIpc) is 2.71. The van der Waals surface area contributed by atoms with E-state index in [-0.39, 0.29) is 0 Å². The van der Waals surface area contributed by atoms with E-state index in [1.54, 1.807) is 33.3 Å². The van der Waals surface area contributed by atoms with Crippen LogP contribution in [0.1, 0.15) is 28.3 Å². The molecule has 1 unspecified atom stereocenters. The van der Waals surface area contributed by atoms with Crippen molar-refractivity contribution in [3.63, 3.8) is 0 Å². The molecule has 0 amide bonds. The molecule has 0 bridgehead atoms. The molecule has 0 aliphatic carbocycles. The molecule has 0 saturated heterocycles. The third-order valence-electron chi connectivity index (χ3n) is 5.66. The van der Waals surface area contributed by atoms with Crippen LogP contribution < -0.4 is 18.9 Å². The van der Waals surface area contributed by atoms with E-state index in [0.717, 1.165) is 48.9 Å². The highest BCUT2D eigenvalue weighted by atomic mass is 32.2. The summed E-state index contributed by atoms with van der Waals surface area (Å²) in [6.07, 6.45) is 4.04. The molecule has 2 heterocycles. The van der Waals surface area contributed by atoms with Crippen LogP contribution in [-0.2, 0) is 19.4 Å². The minimum Gasteiger partial charge on any atom is -0.495 e. The lowest BCUT2D eigenvalue weighted by molar-refractivity contribution is 0.157. The van der Waals surface area contributed by atoms with E-state index in [1.807, 2.05) is 12.3 Å². The number of nitrogens with zero attached hydrogens (tertiary/aromatic N) is 1. The molecule has 2 aliphatic heterocycles. The lowest BCUT2D eigenvalue weighted by atomic mass is 9.83. The van der Waals surface area contributed by atoms with Gasteiger partial charge in [0.05, 0.1) is 27.0 Å². The van der Waals surface area contributed by atoms with Crippen molar-refractivity contribution in [2.45, 2.75) is 25.4 Å². The predicted molar refractivity (Wildman–Crippen MR) is 110 cm³/mol. The van der Waals surface area contributed by atoms with Crippen LogP contribution in [0, 0.1) is 0 Å². The van der Waals surface area contributed by atoms with E-state index >= 15 is 0 Å². The standard InChI is InChI=1S/C21H26N2O3S/c1-24-19-6-5-13-9-18-15-11-17(22-27-4)20(25-2)10-14(15)7-8-23(18)12-16(13)21(19)26-3/h5-6,10-11,18,22H,7-9,12H2,1-4H3. The maximum Gasteiger partial charge on any atom is 0.165 e. The molecule has 2 aromatic rings. The molecule has 1 N–H and O–H groups in total. The average molecular weight is 387 g/mol. The molecule has 144 valence electrons. The lowest BCUT2D eigenvalue weighted by Crippen LogP contribution is -2.39. The van der Waals surface area contributed by atoms with E-state index in [1.165, 1.54) is 22.3 Å². The fraction of sp³-hybridized carbons (Fsp3) is 0.429. The summed E-state index contributed by atoms with van der Waals surface area (Å²) in [6, 6.07) is 9.06. The Hall–Kier alpha value is -2.05. The zero-order valence-electron chi connectivity index (χ0n) is 16.3.